The van der Waals surface area contributed by atoms with Gasteiger partial charge >= 0.3 is 0 Å². The van der Waals surface area contributed by atoms with Gasteiger partial charge in [-0.15, -0.1) is 0 Å². The molecule has 1 amide bonds. The first-order valence-corrected chi connectivity index (χ1v) is 7.11. The number of aromatic nitrogens is 2. The second-order valence-electron chi connectivity index (χ2n) is 6.00. The van der Waals surface area contributed by atoms with E-state index in [9.17, 15) is 4.79 Å². The summed E-state index contributed by atoms with van der Waals surface area (Å²) in [6.45, 7) is 3.90. The number of rotatable bonds is 2. The molecule has 2 aliphatic heterocycles. The molecule has 104 valence electrons. The Hall–Kier alpha value is -1.36. The van der Waals surface area contributed by atoms with Crippen LogP contribution in [0.4, 0.5) is 0 Å². The van der Waals surface area contributed by atoms with Gasteiger partial charge in [0.1, 0.15) is 0 Å². The van der Waals surface area contributed by atoms with Gasteiger partial charge in [-0.2, -0.15) is 5.10 Å². The maximum atomic E-state index is 12.5. The first-order chi connectivity index (χ1) is 9.06. The quantitative estimate of drug-likeness (QED) is 0.846. The summed E-state index contributed by atoms with van der Waals surface area (Å²) in [6.07, 6.45) is 4.65. The molecule has 2 atom stereocenters. The SMILES string of the molecule is Cc1[nH]nc(C(=O)N(C)C2CC3CCC(C2)N3)c1C. The van der Waals surface area contributed by atoms with Crippen LogP contribution in [0.1, 0.15) is 47.4 Å². The Bertz CT molecular complexity index is 484. The van der Waals surface area contributed by atoms with Gasteiger partial charge in [0.15, 0.2) is 5.69 Å². The Morgan fingerprint density at radius 3 is 2.42 bits per heavy atom. The summed E-state index contributed by atoms with van der Waals surface area (Å²) in [7, 11) is 1.92. The molecule has 3 heterocycles. The number of hydrogen-bond acceptors (Lipinski definition) is 3. The first-order valence-electron chi connectivity index (χ1n) is 7.11. The molecule has 2 aliphatic rings. The number of amides is 1. The van der Waals surface area contributed by atoms with Crippen LogP contribution >= 0.6 is 0 Å². The van der Waals surface area contributed by atoms with Gasteiger partial charge in [0.25, 0.3) is 5.91 Å². The van der Waals surface area contributed by atoms with Gasteiger partial charge in [0.2, 0.25) is 0 Å². The van der Waals surface area contributed by atoms with Gasteiger partial charge in [-0.3, -0.25) is 9.89 Å². The minimum Gasteiger partial charge on any atom is -0.337 e. The van der Waals surface area contributed by atoms with Crippen LogP contribution < -0.4 is 5.32 Å². The van der Waals surface area contributed by atoms with Crippen molar-refractivity contribution in [3.63, 3.8) is 0 Å². The van der Waals surface area contributed by atoms with Crippen LogP contribution in [0.15, 0.2) is 0 Å². The Morgan fingerprint density at radius 2 is 1.89 bits per heavy atom. The van der Waals surface area contributed by atoms with E-state index < -0.39 is 0 Å². The highest BCUT2D eigenvalue weighted by Crippen LogP contribution is 2.29. The number of aryl methyl sites for hydroxylation is 1. The summed E-state index contributed by atoms with van der Waals surface area (Å²) >= 11 is 0. The molecule has 0 aliphatic carbocycles. The average Bonchev–Trinajstić information content (AvgIpc) is 2.91. The molecule has 0 spiro atoms. The maximum Gasteiger partial charge on any atom is 0.274 e. The number of fused-ring (bicyclic) bond motifs is 2. The predicted molar refractivity (Wildman–Crippen MR) is 73.1 cm³/mol. The van der Waals surface area contributed by atoms with Crippen LogP contribution in [-0.2, 0) is 0 Å². The lowest BCUT2D eigenvalue weighted by atomic mass is 9.98. The Morgan fingerprint density at radius 1 is 1.26 bits per heavy atom. The van der Waals surface area contributed by atoms with E-state index >= 15 is 0 Å². The number of H-pyrrole nitrogens is 1. The van der Waals surface area contributed by atoms with Crippen LogP contribution in [0.25, 0.3) is 0 Å². The van der Waals surface area contributed by atoms with E-state index in [0.29, 0.717) is 23.8 Å². The van der Waals surface area contributed by atoms with E-state index in [-0.39, 0.29) is 5.91 Å². The summed E-state index contributed by atoms with van der Waals surface area (Å²) < 4.78 is 0. The summed E-state index contributed by atoms with van der Waals surface area (Å²) in [6, 6.07) is 1.55. The molecule has 1 aromatic rings. The monoisotopic (exact) mass is 262 g/mol. The van der Waals surface area contributed by atoms with Crippen LogP contribution in [0.2, 0.25) is 0 Å². The van der Waals surface area contributed by atoms with Crippen molar-refractivity contribution in [1.29, 1.82) is 0 Å². The van der Waals surface area contributed by atoms with E-state index in [0.717, 1.165) is 24.1 Å². The van der Waals surface area contributed by atoms with Crippen molar-refractivity contribution in [2.24, 2.45) is 0 Å². The molecule has 2 N–H and O–H groups in total. The summed E-state index contributed by atoms with van der Waals surface area (Å²) in [5, 5.41) is 10.7. The zero-order valence-corrected chi connectivity index (χ0v) is 11.9. The fourth-order valence-corrected chi connectivity index (χ4v) is 3.37. The zero-order valence-electron chi connectivity index (χ0n) is 11.9. The predicted octanol–water partition coefficient (Wildman–Crippen LogP) is 1.38. The lowest BCUT2D eigenvalue weighted by Crippen LogP contribution is -2.48. The van der Waals surface area contributed by atoms with E-state index in [2.05, 4.69) is 15.5 Å². The molecular weight excluding hydrogens is 240 g/mol. The normalized spacial score (nSPS) is 29.5. The van der Waals surface area contributed by atoms with Crippen molar-refractivity contribution < 1.29 is 4.79 Å². The molecule has 0 saturated carbocycles. The molecule has 1 aromatic heterocycles. The van der Waals surface area contributed by atoms with Crippen LogP contribution in [-0.4, -0.2) is 46.2 Å². The van der Waals surface area contributed by atoms with Gasteiger partial charge in [0, 0.05) is 36.4 Å². The van der Waals surface area contributed by atoms with Crippen LogP contribution in [0.5, 0.6) is 0 Å². The fraction of sp³-hybridized carbons (Fsp3) is 0.714. The topological polar surface area (TPSA) is 61.0 Å². The van der Waals surface area contributed by atoms with Crippen molar-refractivity contribution in [3.8, 4) is 0 Å². The third-order valence-electron chi connectivity index (χ3n) is 4.77. The number of nitrogens with zero attached hydrogens (tertiary/aromatic N) is 2. The molecule has 3 rings (SSSR count). The molecule has 0 radical (unpaired) electrons. The molecule has 5 nitrogen and oxygen atoms in total. The fourth-order valence-electron chi connectivity index (χ4n) is 3.37. The summed E-state index contributed by atoms with van der Waals surface area (Å²) in [5.41, 5.74) is 2.52. The highest BCUT2D eigenvalue weighted by molar-refractivity contribution is 5.93. The molecular formula is C14H22N4O. The van der Waals surface area contributed by atoms with E-state index in [4.69, 9.17) is 0 Å². The highest BCUT2D eigenvalue weighted by Gasteiger charge is 2.37. The molecule has 2 saturated heterocycles. The second-order valence-corrected chi connectivity index (χ2v) is 6.00. The molecule has 19 heavy (non-hydrogen) atoms. The molecule has 2 fully saturated rings. The second kappa shape index (κ2) is 4.63. The van der Waals surface area contributed by atoms with E-state index in [1.165, 1.54) is 12.8 Å². The Labute approximate surface area is 113 Å². The van der Waals surface area contributed by atoms with Crippen molar-refractivity contribution in [1.82, 2.24) is 20.4 Å². The van der Waals surface area contributed by atoms with Gasteiger partial charge < -0.3 is 10.2 Å². The third-order valence-corrected chi connectivity index (χ3v) is 4.77. The van der Waals surface area contributed by atoms with Gasteiger partial charge in [-0.1, -0.05) is 0 Å². The molecule has 2 bridgehead atoms. The van der Waals surface area contributed by atoms with Gasteiger partial charge in [-0.25, -0.2) is 0 Å². The number of carbonyl (C=O) groups excluding carboxylic acids is 1. The van der Waals surface area contributed by atoms with Crippen molar-refractivity contribution in [2.75, 3.05) is 7.05 Å². The van der Waals surface area contributed by atoms with E-state index in [1.54, 1.807) is 0 Å². The maximum absolute atomic E-state index is 12.5. The first kappa shape index (κ1) is 12.7. The van der Waals surface area contributed by atoms with Crippen LogP contribution in [0.3, 0.4) is 0 Å². The highest BCUT2D eigenvalue weighted by atomic mass is 16.2. The Balaban J connectivity index is 1.75. The van der Waals surface area contributed by atoms with Crippen molar-refractivity contribution >= 4 is 5.91 Å². The molecule has 2 unspecified atom stereocenters. The molecule has 0 aromatic carbocycles. The van der Waals surface area contributed by atoms with Crippen LogP contribution in [0, 0.1) is 13.8 Å². The third kappa shape index (κ3) is 2.16. The summed E-state index contributed by atoms with van der Waals surface area (Å²) in [4.78, 5) is 14.4. The van der Waals surface area contributed by atoms with Gasteiger partial charge in [0.05, 0.1) is 0 Å². The number of hydrogen-bond donors (Lipinski definition) is 2. The number of carbonyl (C=O) groups is 1. The lowest BCUT2D eigenvalue weighted by molar-refractivity contribution is 0.0675. The zero-order chi connectivity index (χ0) is 13.6. The van der Waals surface area contributed by atoms with Crippen molar-refractivity contribution in [2.45, 2.75) is 57.7 Å². The number of aromatic amines is 1. The standard InChI is InChI=1S/C14H22N4O/c1-8-9(2)16-17-13(8)14(19)18(3)12-6-10-4-5-11(7-12)15-10/h10-12,15H,4-7H2,1-3H3,(H,16,17). The summed E-state index contributed by atoms with van der Waals surface area (Å²) in [5.74, 6) is 0.0492. The number of nitrogens with one attached hydrogen (secondary N) is 2. The average molecular weight is 262 g/mol. The van der Waals surface area contributed by atoms with Gasteiger partial charge in [-0.05, 0) is 39.5 Å². The minimum atomic E-state index is 0.0492. The largest absolute Gasteiger partial charge is 0.337 e. The van der Waals surface area contributed by atoms with Crippen molar-refractivity contribution in [3.05, 3.63) is 17.0 Å². The van der Waals surface area contributed by atoms with E-state index in [1.807, 2.05) is 25.8 Å². The Kier molecular flexibility index (Phi) is 3.09. The minimum absolute atomic E-state index is 0.0492. The lowest BCUT2D eigenvalue weighted by Gasteiger charge is -2.35. The smallest absolute Gasteiger partial charge is 0.274 e. The molecule has 5 heteroatoms. The number of piperidine rings is 1.